The van der Waals surface area contributed by atoms with Gasteiger partial charge in [-0.1, -0.05) is 60.7 Å². The third kappa shape index (κ3) is 5.99. The summed E-state index contributed by atoms with van der Waals surface area (Å²) in [6.45, 7) is 0. The van der Waals surface area contributed by atoms with Gasteiger partial charge in [0.1, 0.15) is 23.3 Å². The van der Waals surface area contributed by atoms with Gasteiger partial charge < -0.3 is 15.4 Å². The first-order chi connectivity index (χ1) is 20.0. The van der Waals surface area contributed by atoms with Crippen LogP contribution in [0.3, 0.4) is 0 Å². The Morgan fingerprint density at radius 1 is 0.878 bits per heavy atom. The Morgan fingerprint density at radius 3 is 2.15 bits per heavy atom. The number of amides is 2. The zero-order valence-corrected chi connectivity index (χ0v) is 22.5. The van der Waals surface area contributed by atoms with Crippen LogP contribution in [-0.2, 0) is 11.8 Å². The Labute approximate surface area is 236 Å². The summed E-state index contributed by atoms with van der Waals surface area (Å²) in [7, 11) is 3.14. The molecule has 5 rings (SSSR count). The van der Waals surface area contributed by atoms with Crippen LogP contribution in [-0.4, -0.2) is 39.7 Å². The molecule has 0 spiro atoms. The Bertz CT molecular complexity index is 1620. The minimum Gasteiger partial charge on any atom is -0.494 e. The van der Waals surface area contributed by atoms with E-state index in [1.165, 1.54) is 30.3 Å². The number of carbonyl (C=O) groups is 2. The van der Waals surface area contributed by atoms with E-state index in [1.54, 1.807) is 37.5 Å². The number of halogens is 1. The van der Waals surface area contributed by atoms with Crippen LogP contribution in [0, 0.1) is 5.82 Å². The highest BCUT2D eigenvalue weighted by molar-refractivity contribution is 6.01. The Balaban J connectivity index is 1.51. The summed E-state index contributed by atoms with van der Waals surface area (Å²) in [5.41, 5.74) is 3.03. The van der Waals surface area contributed by atoms with Crippen molar-refractivity contribution in [2.45, 2.75) is 12.0 Å². The lowest BCUT2D eigenvalue weighted by atomic mass is 9.84. The molecule has 3 aromatic carbocycles. The highest BCUT2D eigenvalue weighted by atomic mass is 19.1. The van der Waals surface area contributed by atoms with Crippen LogP contribution < -0.4 is 15.4 Å². The van der Waals surface area contributed by atoms with Gasteiger partial charge >= 0.3 is 0 Å². The van der Waals surface area contributed by atoms with Gasteiger partial charge in [-0.25, -0.2) is 4.39 Å². The number of aryl methyl sites for hydroxylation is 1. The normalized spacial score (nSPS) is 11.6. The number of benzene rings is 3. The maximum Gasteiger partial charge on any atom is 0.270 e. The highest BCUT2D eigenvalue weighted by Gasteiger charge is 2.33. The molecule has 8 nitrogen and oxygen atoms in total. The Morgan fingerprint density at radius 2 is 1.56 bits per heavy atom. The smallest absolute Gasteiger partial charge is 0.270 e. The third-order valence-corrected chi connectivity index (χ3v) is 6.80. The van der Waals surface area contributed by atoms with Crippen molar-refractivity contribution in [3.05, 3.63) is 132 Å². The van der Waals surface area contributed by atoms with Crippen LogP contribution in [0.1, 0.15) is 27.5 Å². The van der Waals surface area contributed by atoms with Gasteiger partial charge in [0.05, 0.1) is 13.3 Å². The molecule has 2 amide bonds. The largest absolute Gasteiger partial charge is 0.494 e. The number of anilines is 1. The van der Waals surface area contributed by atoms with E-state index in [1.807, 2.05) is 60.7 Å². The zero-order chi connectivity index (χ0) is 28.8. The zero-order valence-electron chi connectivity index (χ0n) is 22.5. The van der Waals surface area contributed by atoms with Crippen molar-refractivity contribution in [1.82, 2.24) is 20.1 Å². The van der Waals surface area contributed by atoms with Gasteiger partial charge in [0.15, 0.2) is 0 Å². The van der Waals surface area contributed by atoms with E-state index in [0.29, 0.717) is 22.6 Å². The number of nitrogens with zero attached hydrogens (tertiary/aromatic N) is 3. The molecule has 0 saturated carbocycles. The van der Waals surface area contributed by atoms with Crippen molar-refractivity contribution in [3.8, 4) is 16.9 Å². The number of rotatable bonds is 9. The molecule has 0 unspecified atom stereocenters. The van der Waals surface area contributed by atoms with Crippen molar-refractivity contribution in [2.75, 3.05) is 12.4 Å². The fourth-order valence-corrected chi connectivity index (χ4v) is 4.81. The molecule has 2 heterocycles. The second-order valence-corrected chi connectivity index (χ2v) is 9.35. The van der Waals surface area contributed by atoms with Gasteiger partial charge in [0.2, 0.25) is 5.91 Å². The van der Waals surface area contributed by atoms with Crippen molar-refractivity contribution in [1.29, 1.82) is 0 Å². The molecule has 0 bridgehead atoms. The van der Waals surface area contributed by atoms with E-state index in [-0.39, 0.29) is 5.69 Å². The fraction of sp³-hybridized carbons (Fsp3) is 0.125. The maximum atomic E-state index is 15.3. The first-order valence-electron chi connectivity index (χ1n) is 12.9. The molecule has 0 fully saturated rings. The molecular formula is C32H28FN5O3. The minimum atomic E-state index is -1.05. The number of methoxy groups -OCH3 is 1. The maximum absolute atomic E-state index is 15.3. The van der Waals surface area contributed by atoms with E-state index in [4.69, 9.17) is 4.74 Å². The van der Waals surface area contributed by atoms with Crippen molar-refractivity contribution >= 4 is 17.5 Å². The highest BCUT2D eigenvalue weighted by Crippen LogP contribution is 2.33. The van der Waals surface area contributed by atoms with Gasteiger partial charge in [-0.2, -0.15) is 5.10 Å². The summed E-state index contributed by atoms with van der Waals surface area (Å²) in [4.78, 5) is 31.3. The lowest BCUT2D eigenvalue weighted by Crippen LogP contribution is -2.48. The lowest BCUT2D eigenvalue weighted by Gasteiger charge is -2.28. The molecule has 0 aliphatic carbocycles. The summed E-state index contributed by atoms with van der Waals surface area (Å²) in [6, 6.07) is 25.5. The topological polar surface area (TPSA) is 98.1 Å². The van der Waals surface area contributed by atoms with E-state index in [9.17, 15) is 9.59 Å². The van der Waals surface area contributed by atoms with Gasteiger partial charge in [-0.3, -0.25) is 19.3 Å². The van der Waals surface area contributed by atoms with E-state index in [2.05, 4.69) is 20.7 Å². The number of aromatic nitrogens is 3. The molecule has 9 heteroatoms. The van der Waals surface area contributed by atoms with Crippen LogP contribution in [0.5, 0.6) is 5.75 Å². The molecule has 2 N–H and O–H groups in total. The molecule has 0 saturated heterocycles. The number of carbonyl (C=O) groups excluding carboxylic acids is 2. The van der Waals surface area contributed by atoms with Crippen LogP contribution in [0.15, 0.2) is 110 Å². The van der Waals surface area contributed by atoms with Crippen molar-refractivity contribution < 1.29 is 18.7 Å². The number of nitrogens with one attached hydrogen (secondary N) is 2. The van der Waals surface area contributed by atoms with E-state index in [0.717, 1.165) is 11.1 Å². The van der Waals surface area contributed by atoms with E-state index >= 15 is 4.39 Å². The third-order valence-electron chi connectivity index (χ3n) is 6.80. The molecule has 1 atom stereocenters. The number of pyridine rings is 1. The number of ether oxygens (including phenoxy) is 1. The summed E-state index contributed by atoms with van der Waals surface area (Å²) in [5, 5.41) is 9.81. The minimum absolute atomic E-state index is 0.240. The predicted octanol–water partition coefficient (Wildman–Crippen LogP) is 5.20. The van der Waals surface area contributed by atoms with Crippen LogP contribution >= 0.6 is 0 Å². The van der Waals surface area contributed by atoms with E-state index < -0.39 is 29.6 Å². The molecule has 0 aliphatic heterocycles. The first kappa shape index (κ1) is 27.3. The van der Waals surface area contributed by atoms with Gasteiger partial charge in [0.25, 0.3) is 5.91 Å². The van der Waals surface area contributed by atoms with Gasteiger partial charge in [-0.05, 0) is 41.5 Å². The summed E-state index contributed by atoms with van der Waals surface area (Å²) >= 11 is 0. The van der Waals surface area contributed by atoms with Crippen molar-refractivity contribution in [3.63, 3.8) is 0 Å². The molecule has 0 radical (unpaired) electrons. The first-order valence-corrected chi connectivity index (χ1v) is 12.9. The molecule has 41 heavy (non-hydrogen) atoms. The monoisotopic (exact) mass is 549 g/mol. The molecular weight excluding hydrogens is 521 g/mol. The molecule has 5 aromatic rings. The summed E-state index contributed by atoms with van der Waals surface area (Å²) in [5.74, 6) is -1.64. The van der Waals surface area contributed by atoms with Gasteiger partial charge in [0, 0.05) is 42.2 Å². The number of hydrogen-bond acceptors (Lipinski definition) is 5. The molecule has 206 valence electrons. The summed E-state index contributed by atoms with van der Waals surface area (Å²) < 4.78 is 22.1. The average Bonchev–Trinajstić information content (AvgIpc) is 3.44. The summed E-state index contributed by atoms with van der Waals surface area (Å²) in [6.07, 6.45) is 4.57. The second-order valence-electron chi connectivity index (χ2n) is 9.35. The second kappa shape index (κ2) is 12.3. The quantitative estimate of drug-likeness (QED) is 0.263. The average molecular weight is 550 g/mol. The molecule has 2 aromatic heterocycles. The predicted molar refractivity (Wildman–Crippen MR) is 154 cm³/mol. The van der Waals surface area contributed by atoms with Crippen LogP contribution in [0.2, 0.25) is 0 Å². The fourth-order valence-electron chi connectivity index (χ4n) is 4.81. The standard InChI is InChI=1S/C32H28FN5O3/c1-38-27(16-18-35-38)31(39)37-30(29(21-9-5-3-6-10-21)22-11-7-4-8-12-22)32(40)36-23-13-14-24(26(33)19-23)25-15-17-34-20-28(25)41-2/h3-20,29-30H,1-2H3,(H,36,40)(H,37,39)/t30-/m0/s1. The molecule has 0 aliphatic rings. The van der Waals surface area contributed by atoms with Crippen molar-refractivity contribution in [2.24, 2.45) is 7.05 Å². The SMILES string of the molecule is COc1cnccc1-c1ccc(NC(=O)[C@@H](NC(=O)c2ccnn2C)C(c2ccccc2)c2ccccc2)cc1F. The van der Waals surface area contributed by atoms with Crippen LogP contribution in [0.25, 0.3) is 11.1 Å². The number of hydrogen-bond donors (Lipinski definition) is 2. The van der Waals surface area contributed by atoms with Gasteiger partial charge in [-0.15, -0.1) is 0 Å². The Hall–Kier alpha value is -5.31. The Kier molecular flexibility index (Phi) is 8.15. The lowest BCUT2D eigenvalue weighted by molar-refractivity contribution is -0.118. The van der Waals surface area contributed by atoms with Crippen LogP contribution in [0.4, 0.5) is 10.1 Å².